The second-order valence-electron chi connectivity index (χ2n) is 5.32. The molecule has 0 heterocycles. The highest BCUT2D eigenvalue weighted by Crippen LogP contribution is 2.34. The molecule has 0 amide bonds. The number of anilines is 1. The molecule has 0 radical (unpaired) electrons. The molecular weight excluding hydrogens is 243 g/mol. The summed E-state index contributed by atoms with van der Waals surface area (Å²) < 4.78 is 14.3. The van der Waals surface area contributed by atoms with E-state index in [9.17, 15) is 9.50 Å². The van der Waals surface area contributed by atoms with E-state index in [-0.39, 0.29) is 18.5 Å². The van der Waals surface area contributed by atoms with Gasteiger partial charge in [0.1, 0.15) is 5.82 Å². The third kappa shape index (κ3) is 3.07. The largest absolute Gasteiger partial charge is 0.395 e. The maximum atomic E-state index is 14.3. The molecule has 1 aromatic carbocycles. The van der Waals surface area contributed by atoms with Crippen LogP contribution in [-0.4, -0.2) is 24.3 Å². The van der Waals surface area contributed by atoms with Crippen LogP contribution in [0.15, 0.2) is 18.2 Å². The second-order valence-corrected chi connectivity index (χ2v) is 5.32. The number of nitrogens with two attached hydrogens (primary N) is 1. The first-order valence-electron chi connectivity index (χ1n) is 7.06. The minimum atomic E-state index is -0.241. The average molecular weight is 266 g/mol. The first-order valence-corrected chi connectivity index (χ1v) is 7.06. The van der Waals surface area contributed by atoms with Crippen molar-refractivity contribution in [1.29, 1.82) is 0 Å². The predicted octanol–water partition coefficient (Wildman–Crippen LogP) is 2.59. The van der Waals surface area contributed by atoms with E-state index in [1.165, 1.54) is 18.9 Å². The van der Waals surface area contributed by atoms with Gasteiger partial charge in [0, 0.05) is 18.6 Å². The number of para-hydroxylation sites is 1. The van der Waals surface area contributed by atoms with Crippen molar-refractivity contribution in [2.75, 3.05) is 18.1 Å². The summed E-state index contributed by atoms with van der Waals surface area (Å²) in [5.41, 5.74) is 7.36. The minimum absolute atomic E-state index is 0.0310. The Morgan fingerprint density at radius 1 is 1.42 bits per heavy atom. The van der Waals surface area contributed by atoms with Gasteiger partial charge in [-0.1, -0.05) is 25.0 Å². The number of nitrogens with zero attached hydrogens (tertiary/aromatic N) is 1. The van der Waals surface area contributed by atoms with Gasteiger partial charge in [0.2, 0.25) is 0 Å². The van der Waals surface area contributed by atoms with Gasteiger partial charge in [-0.15, -0.1) is 0 Å². The number of halogens is 1. The van der Waals surface area contributed by atoms with E-state index < -0.39 is 0 Å². The van der Waals surface area contributed by atoms with E-state index in [0.717, 1.165) is 18.4 Å². The lowest BCUT2D eigenvalue weighted by atomic mass is 10.0. The summed E-state index contributed by atoms with van der Waals surface area (Å²) >= 11 is 0. The minimum Gasteiger partial charge on any atom is -0.395 e. The van der Waals surface area contributed by atoms with Gasteiger partial charge in [-0.05, 0) is 31.4 Å². The normalized spacial score (nSPS) is 17.7. The fourth-order valence-corrected chi connectivity index (χ4v) is 3.00. The van der Waals surface area contributed by atoms with Gasteiger partial charge in [-0.25, -0.2) is 4.39 Å². The lowest BCUT2D eigenvalue weighted by molar-refractivity contribution is 0.296. The van der Waals surface area contributed by atoms with Crippen molar-refractivity contribution in [3.8, 4) is 0 Å². The highest BCUT2D eigenvalue weighted by Gasteiger charge is 2.26. The Balaban J connectivity index is 2.39. The molecule has 4 heteroatoms. The number of aliphatic hydroxyl groups is 1. The number of aliphatic hydroxyl groups excluding tert-OH is 1. The topological polar surface area (TPSA) is 49.5 Å². The molecule has 1 saturated carbocycles. The molecule has 0 bridgehead atoms. The Morgan fingerprint density at radius 2 is 2.11 bits per heavy atom. The highest BCUT2D eigenvalue weighted by atomic mass is 19.1. The quantitative estimate of drug-likeness (QED) is 0.861. The van der Waals surface area contributed by atoms with E-state index >= 15 is 0 Å². The molecule has 0 aliphatic heterocycles. The Kier molecular flexibility index (Phi) is 4.77. The predicted molar refractivity (Wildman–Crippen MR) is 75.7 cm³/mol. The summed E-state index contributed by atoms with van der Waals surface area (Å²) in [4.78, 5) is 2.01. The van der Waals surface area contributed by atoms with Crippen LogP contribution in [0.5, 0.6) is 0 Å². The third-order valence-corrected chi connectivity index (χ3v) is 3.90. The Bertz CT molecular complexity index is 417. The van der Waals surface area contributed by atoms with Gasteiger partial charge in [0.15, 0.2) is 0 Å². The summed E-state index contributed by atoms with van der Waals surface area (Å²) in [5, 5.41) is 9.28. The number of hydrogen-bond acceptors (Lipinski definition) is 3. The molecule has 0 spiro atoms. The maximum absolute atomic E-state index is 14.3. The molecule has 0 saturated heterocycles. The second kappa shape index (κ2) is 6.35. The van der Waals surface area contributed by atoms with Gasteiger partial charge in [-0.3, -0.25) is 0 Å². The molecule has 19 heavy (non-hydrogen) atoms. The molecule has 0 unspecified atom stereocenters. The van der Waals surface area contributed by atoms with E-state index in [1.807, 2.05) is 17.9 Å². The third-order valence-electron chi connectivity index (χ3n) is 3.90. The van der Waals surface area contributed by atoms with Crippen LogP contribution in [0.3, 0.4) is 0 Å². The van der Waals surface area contributed by atoms with Gasteiger partial charge in [0.25, 0.3) is 0 Å². The van der Waals surface area contributed by atoms with E-state index in [0.29, 0.717) is 18.3 Å². The fraction of sp³-hybridized carbons (Fsp3) is 0.600. The Hall–Kier alpha value is -1.13. The molecule has 106 valence electrons. The van der Waals surface area contributed by atoms with Crippen LogP contribution in [0.25, 0.3) is 0 Å². The maximum Gasteiger partial charge on any atom is 0.146 e. The standard InChI is InChI=1S/C15H23FN2O/c1-11(17)13-7-4-8-14(16)15(13)18(9-10-19)12-5-2-3-6-12/h4,7-8,11-12,19H,2-3,5-6,9-10,17H2,1H3/t11-/m0/s1. The lowest BCUT2D eigenvalue weighted by Crippen LogP contribution is -2.37. The summed E-state index contributed by atoms with van der Waals surface area (Å²) in [5.74, 6) is -0.241. The monoisotopic (exact) mass is 266 g/mol. The molecular formula is C15H23FN2O. The molecule has 1 aliphatic carbocycles. The zero-order chi connectivity index (χ0) is 13.8. The number of rotatable bonds is 5. The molecule has 1 fully saturated rings. The van der Waals surface area contributed by atoms with Crippen molar-refractivity contribution in [2.45, 2.75) is 44.7 Å². The Morgan fingerprint density at radius 3 is 2.68 bits per heavy atom. The van der Waals surface area contributed by atoms with Crippen molar-refractivity contribution >= 4 is 5.69 Å². The van der Waals surface area contributed by atoms with Crippen LogP contribution in [0.1, 0.15) is 44.2 Å². The summed E-state index contributed by atoms with van der Waals surface area (Å²) in [6.45, 7) is 2.36. The average Bonchev–Trinajstić information content (AvgIpc) is 2.89. The highest BCUT2D eigenvalue weighted by molar-refractivity contribution is 5.57. The van der Waals surface area contributed by atoms with Crippen LogP contribution in [0.2, 0.25) is 0 Å². The van der Waals surface area contributed by atoms with Crippen molar-refractivity contribution < 1.29 is 9.50 Å². The van der Waals surface area contributed by atoms with Crippen LogP contribution in [0.4, 0.5) is 10.1 Å². The zero-order valence-corrected chi connectivity index (χ0v) is 11.5. The fourth-order valence-electron chi connectivity index (χ4n) is 3.00. The van der Waals surface area contributed by atoms with Crippen molar-refractivity contribution in [2.24, 2.45) is 5.73 Å². The zero-order valence-electron chi connectivity index (χ0n) is 11.5. The number of hydrogen-bond donors (Lipinski definition) is 2. The number of benzene rings is 1. The van der Waals surface area contributed by atoms with E-state index in [4.69, 9.17) is 5.73 Å². The van der Waals surface area contributed by atoms with Gasteiger partial charge >= 0.3 is 0 Å². The smallest absolute Gasteiger partial charge is 0.146 e. The SMILES string of the molecule is C[C@H](N)c1cccc(F)c1N(CCO)C1CCCC1. The molecule has 2 rings (SSSR count). The van der Waals surface area contributed by atoms with Crippen molar-refractivity contribution in [3.63, 3.8) is 0 Å². The summed E-state index contributed by atoms with van der Waals surface area (Å²) in [6, 6.07) is 5.15. The molecule has 3 nitrogen and oxygen atoms in total. The van der Waals surface area contributed by atoms with Gasteiger partial charge in [-0.2, -0.15) is 0 Å². The molecule has 0 aromatic heterocycles. The molecule has 1 aromatic rings. The van der Waals surface area contributed by atoms with E-state index in [1.54, 1.807) is 6.07 Å². The van der Waals surface area contributed by atoms with Gasteiger partial charge < -0.3 is 15.7 Å². The first kappa shape index (κ1) is 14.3. The first-order chi connectivity index (χ1) is 9.15. The molecule has 1 atom stereocenters. The van der Waals surface area contributed by atoms with Crippen LogP contribution >= 0.6 is 0 Å². The van der Waals surface area contributed by atoms with E-state index in [2.05, 4.69) is 0 Å². The molecule has 1 aliphatic rings. The summed E-state index contributed by atoms with van der Waals surface area (Å²) in [6.07, 6.45) is 4.47. The van der Waals surface area contributed by atoms with Crippen LogP contribution < -0.4 is 10.6 Å². The summed E-state index contributed by atoms with van der Waals surface area (Å²) in [7, 11) is 0. The lowest BCUT2D eigenvalue weighted by Gasteiger charge is -2.33. The van der Waals surface area contributed by atoms with Crippen molar-refractivity contribution in [3.05, 3.63) is 29.6 Å². The van der Waals surface area contributed by atoms with Crippen LogP contribution in [-0.2, 0) is 0 Å². The van der Waals surface area contributed by atoms with Crippen LogP contribution in [0, 0.1) is 5.82 Å². The van der Waals surface area contributed by atoms with Crippen molar-refractivity contribution in [1.82, 2.24) is 0 Å². The Labute approximate surface area is 114 Å². The molecule has 3 N–H and O–H groups in total. The van der Waals surface area contributed by atoms with Gasteiger partial charge in [0.05, 0.1) is 12.3 Å².